The van der Waals surface area contributed by atoms with Gasteiger partial charge in [0.05, 0.1) is 16.5 Å². The van der Waals surface area contributed by atoms with Crippen LogP contribution in [0.1, 0.15) is 32.1 Å². The van der Waals surface area contributed by atoms with Crippen LogP contribution in [0, 0.1) is 17.8 Å². The van der Waals surface area contributed by atoms with E-state index >= 15 is 0 Å². The first-order valence-electron chi connectivity index (χ1n) is 9.30. The molecule has 2 N–H and O–H groups in total. The molecule has 2 heterocycles. The molecule has 140 valence electrons. The molecular weight excluding hydrogens is 356 g/mol. The van der Waals surface area contributed by atoms with Gasteiger partial charge in [-0.3, -0.25) is 4.98 Å². The molecule has 0 unspecified atom stereocenters. The van der Waals surface area contributed by atoms with E-state index in [4.69, 9.17) is 9.15 Å². The summed E-state index contributed by atoms with van der Waals surface area (Å²) in [6.07, 6.45) is 5.89. The van der Waals surface area contributed by atoms with E-state index in [0.29, 0.717) is 11.4 Å². The molecule has 1 aromatic heterocycles. The Balaban J connectivity index is 1.43. The normalized spacial score (nSPS) is 32.0. The molecule has 8 heteroatoms. The van der Waals surface area contributed by atoms with Crippen LogP contribution < -0.4 is 10.5 Å². The van der Waals surface area contributed by atoms with Crippen LogP contribution in [0.3, 0.4) is 0 Å². The Hall–Kier alpha value is -1.64. The molecule has 7 nitrogen and oxygen atoms in total. The first-order chi connectivity index (χ1) is 12.5. The second-order valence-electron chi connectivity index (χ2n) is 7.73. The number of hydrogen-bond donors (Lipinski definition) is 2. The summed E-state index contributed by atoms with van der Waals surface area (Å²) in [5, 5.41) is 0. The van der Waals surface area contributed by atoms with Crippen LogP contribution in [0.4, 0.5) is 0 Å². The van der Waals surface area contributed by atoms with Crippen molar-refractivity contribution in [3.05, 3.63) is 28.7 Å². The minimum atomic E-state index is -3.69. The summed E-state index contributed by atoms with van der Waals surface area (Å²) in [7, 11) is -3.69. The van der Waals surface area contributed by atoms with Crippen LogP contribution >= 0.6 is 0 Å². The van der Waals surface area contributed by atoms with Crippen molar-refractivity contribution in [2.24, 2.45) is 17.8 Å². The van der Waals surface area contributed by atoms with Gasteiger partial charge in [-0.2, -0.15) is 0 Å². The molecule has 0 spiro atoms. The molecule has 1 aromatic carbocycles. The average molecular weight is 378 g/mol. The topological polar surface area (TPSA) is 101 Å². The lowest BCUT2D eigenvalue weighted by atomic mass is 9.62. The zero-order chi connectivity index (χ0) is 17.9. The van der Waals surface area contributed by atoms with E-state index in [2.05, 4.69) is 9.71 Å². The zero-order valence-corrected chi connectivity index (χ0v) is 15.1. The van der Waals surface area contributed by atoms with Crippen molar-refractivity contribution >= 4 is 21.1 Å². The lowest BCUT2D eigenvalue weighted by Crippen LogP contribution is -2.63. The van der Waals surface area contributed by atoms with E-state index in [1.165, 1.54) is 25.0 Å². The van der Waals surface area contributed by atoms with E-state index in [1.54, 1.807) is 6.07 Å². The minimum absolute atomic E-state index is 0.0653. The van der Waals surface area contributed by atoms with Gasteiger partial charge >= 0.3 is 5.76 Å². The number of hydrogen-bond acceptors (Lipinski definition) is 5. The van der Waals surface area contributed by atoms with Crippen LogP contribution in [0.2, 0.25) is 0 Å². The molecule has 0 amide bonds. The van der Waals surface area contributed by atoms with Crippen molar-refractivity contribution in [2.45, 2.75) is 49.1 Å². The van der Waals surface area contributed by atoms with Crippen LogP contribution in [0.5, 0.6) is 0 Å². The number of ether oxygens (including phenoxy) is 1. The van der Waals surface area contributed by atoms with Crippen molar-refractivity contribution in [1.29, 1.82) is 0 Å². The smallest absolute Gasteiger partial charge is 0.408 e. The summed E-state index contributed by atoms with van der Waals surface area (Å²) >= 11 is 0. The first-order valence-corrected chi connectivity index (χ1v) is 10.8. The molecule has 1 aliphatic heterocycles. The first kappa shape index (κ1) is 16.5. The highest BCUT2D eigenvalue weighted by molar-refractivity contribution is 7.89. The molecule has 2 saturated carbocycles. The van der Waals surface area contributed by atoms with Gasteiger partial charge in [-0.1, -0.05) is 25.7 Å². The minimum Gasteiger partial charge on any atom is -0.408 e. The van der Waals surface area contributed by atoms with E-state index in [1.807, 2.05) is 0 Å². The number of fused-ring (bicyclic) bond motifs is 2. The fourth-order valence-electron chi connectivity index (χ4n) is 5.16. The number of rotatable bonds is 4. The van der Waals surface area contributed by atoms with Gasteiger partial charge in [0.15, 0.2) is 5.58 Å². The van der Waals surface area contributed by atoms with Crippen LogP contribution in [0.25, 0.3) is 11.1 Å². The molecule has 3 fully saturated rings. The van der Waals surface area contributed by atoms with E-state index in [9.17, 15) is 13.2 Å². The van der Waals surface area contributed by atoms with Crippen LogP contribution in [-0.4, -0.2) is 32.2 Å². The third kappa shape index (κ3) is 2.54. The molecule has 4 atom stereocenters. The maximum atomic E-state index is 13.0. The number of H-pyrrole nitrogens is 1. The van der Waals surface area contributed by atoms with E-state index < -0.39 is 15.8 Å². The molecule has 5 rings (SSSR count). The fraction of sp³-hybridized carbons (Fsp3) is 0.611. The van der Waals surface area contributed by atoms with Crippen molar-refractivity contribution in [1.82, 2.24) is 9.71 Å². The highest BCUT2D eigenvalue weighted by Crippen LogP contribution is 2.51. The average Bonchev–Trinajstić information content (AvgIpc) is 3.31. The van der Waals surface area contributed by atoms with Crippen molar-refractivity contribution in [3.63, 3.8) is 0 Å². The third-order valence-corrected chi connectivity index (χ3v) is 7.83. The lowest BCUT2D eigenvalue weighted by molar-refractivity contribution is -0.0746. The second-order valence-corrected chi connectivity index (χ2v) is 9.44. The van der Waals surface area contributed by atoms with E-state index in [0.717, 1.165) is 25.9 Å². The monoisotopic (exact) mass is 378 g/mol. The molecule has 2 aromatic rings. The molecule has 3 aliphatic rings. The summed E-state index contributed by atoms with van der Waals surface area (Å²) in [6.45, 7) is 0.719. The summed E-state index contributed by atoms with van der Waals surface area (Å²) in [4.78, 5) is 13.9. The Kier molecular flexibility index (Phi) is 3.77. The summed E-state index contributed by atoms with van der Waals surface area (Å²) in [5.41, 5.74) is 0.742. The van der Waals surface area contributed by atoms with Gasteiger partial charge in [-0.15, -0.1) is 0 Å². The van der Waals surface area contributed by atoms with Gasteiger partial charge in [-0.05, 0) is 24.5 Å². The molecule has 2 aliphatic carbocycles. The van der Waals surface area contributed by atoms with Gasteiger partial charge in [0.2, 0.25) is 10.0 Å². The van der Waals surface area contributed by atoms with Crippen LogP contribution in [-0.2, 0) is 14.8 Å². The maximum Gasteiger partial charge on any atom is 0.417 e. The number of oxazole rings is 1. The van der Waals surface area contributed by atoms with Gasteiger partial charge < -0.3 is 9.15 Å². The lowest BCUT2D eigenvalue weighted by Gasteiger charge is -2.50. The van der Waals surface area contributed by atoms with Crippen molar-refractivity contribution in [3.8, 4) is 0 Å². The summed E-state index contributed by atoms with van der Waals surface area (Å²) < 4.78 is 39.7. The Bertz CT molecular complexity index is 984. The van der Waals surface area contributed by atoms with E-state index in [-0.39, 0.29) is 34.5 Å². The Morgan fingerprint density at radius 2 is 1.96 bits per heavy atom. The van der Waals surface area contributed by atoms with Gasteiger partial charge in [0.25, 0.3) is 0 Å². The molecular formula is C18H22N2O5S. The molecule has 0 bridgehead atoms. The maximum absolute atomic E-state index is 13.0. The van der Waals surface area contributed by atoms with Gasteiger partial charge in [-0.25, -0.2) is 17.9 Å². The number of nitrogens with one attached hydrogen (secondary N) is 2. The second kappa shape index (κ2) is 5.94. The third-order valence-electron chi connectivity index (χ3n) is 6.38. The van der Waals surface area contributed by atoms with Gasteiger partial charge in [0.1, 0.15) is 0 Å². The highest BCUT2D eigenvalue weighted by Gasteiger charge is 2.57. The SMILES string of the molecule is O=c1[nH]c2ccc(S(=O)(=O)N[C@H]3[C@@H]4CCO[C@@H]4[C@@H]3C3CCCC3)cc2o1. The summed E-state index contributed by atoms with van der Waals surface area (Å²) in [6, 6.07) is 4.40. The largest absolute Gasteiger partial charge is 0.417 e. The predicted molar refractivity (Wildman–Crippen MR) is 94.2 cm³/mol. The summed E-state index contributed by atoms with van der Waals surface area (Å²) in [5.74, 6) is 0.499. The highest BCUT2D eigenvalue weighted by atomic mass is 32.2. The fourth-order valence-corrected chi connectivity index (χ4v) is 6.50. The predicted octanol–water partition coefficient (Wildman–Crippen LogP) is 1.99. The number of benzene rings is 1. The molecule has 0 radical (unpaired) electrons. The van der Waals surface area contributed by atoms with Crippen molar-refractivity contribution < 1.29 is 17.6 Å². The Morgan fingerprint density at radius 3 is 2.77 bits per heavy atom. The Morgan fingerprint density at radius 1 is 1.15 bits per heavy atom. The van der Waals surface area contributed by atoms with Crippen LogP contribution in [0.15, 0.2) is 32.3 Å². The van der Waals surface area contributed by atoms with Gasteiger partial charge in [0, 0.05) is 30.6 Å². The van der Waals surface area contributed by atoms with Crippen molar-refractivity contribution in [2.75, 3.05) is 6.61 Å². The number of sulfonamides is 1. The number of aromatic amines is 1. The molecule has 26 heavy (non-hydrogen) atoms. The Labute approximate surface area is 151 Å². The quantitative estimate of drug-likeness (QED) is 0.847. The zero-order valence-electron chi connectivity index (χ0n) is 14.3. The standard InChI is InChI=1S/C18H22N2O5S/c21-18-19-13-6-5-11(9-14(13)25-18)26(22,23)20-16-12-7-8-24-17(12)15(16)10-3-1-2-4-10/h5-6,9-10,12,15-17,20H,1-4,7-8H2,(H,19,21)/t12-,15+,16-,17-/m0/s1. The number of aromatic nitrogens is 1. The molecule has 1 saturated heterocycles.